The zero-order valence-electron chi connectivity index (χ0n) is 11.6. The van der Waals surface area contributed by atoms with Crippen molar-refractivity contribution in [3.8, 4) is 0 Å². The van der Waals surface area contributed by atoms with E-state index in [2.05, 4.69) is 17.0 Å². The number of ether oxygens (including phenoxy) is 1. The van der Waals surface area contributed by atoms with Gasteiger partial charge in [0.15, 0.2) is 0 Å². The molecule has 0 aliphatic carbocycles. The lowest BCUT2D eigenvalue weighted by molar-refractivity contribution is 0.0908. The minimum atomic E-state index is -0.215. The molecule has 0 aliphatic rings. The average Bonchev–Trinajstić information content (AvgIpc) is 2.69. The Balaban J connectivity index is 2.47. The van der Waals surface area contributed by atoms with E-state index in [0.29, 0.717) is 43.4 Å². The van der Waals surface area contributed by atoms with Crippen molar-refractivity contribution in [2.75, 3.05) is 25.5 Å². The second-order valence-electron chi connectivity index (χ2n) is 4.11. The summed E-state index contributed by atoms with van der Waals surface area (Å²) >= 11 is 0. The van der Waals surface area contributed by atoms with Gasteiger partial charge in [0.2, 0.25) is 0 Å². The van der Waals surface area contributed by atoms with Crippen molar-refractivity contribution in [3.05, 3.63) is 24.0 Å². The van der Waals surface area contributed by atoms with Gasteiger partial charge in [-0.25, -0.2) is 0 Å². The fourth-order valence-corrected chi connectivity index (χ4v) is 1.65. The van der Waals surface area contributed by atoms with Crippen molar-refractivity contribution in [1.82, 2.24) is 15.1 Å². The molecule has 0 aromatic carbocycles. The Morgan fingerprint density at radius 2 is 2.32 bits per heavy atom. The van der Waals surface area contributed by atoms with E-state index in [9.17, 15) is 4.79 Å². The summed E-state index contributed by atoms with van der Waals surface area (Å²) in [5, 5.41) is 6.98. The van der Waals surface area contributed by atoms with Crippen LogP contribution in [-0.4, -0.2) is 35.4 Å². The Morgan fingerprint density at radius 3 is 2.95 bits per heavy atom. The molecule has 0 aliphatic heterocycles. The standard InChI is InChI=1S/C13H22N4O2/c1-4-6-8-19-9-7-15-13(18)12-11(14)10(3)16-17(12)5-2/h4H,1,5-9,14H2,2-3H3,(H,15,18). The molecular weight excluding hydrogens is 244 g/mol. The van der Waals surface area contributed by atoms with Gasteiger partial charge in [-0.15, -0.1) is 6.58 Å². The number of carbonyl (C=O) groups excluding carboxylic acids is 1. The molecule has 0 radical (unpaired) electrons. The highest BCUT2D eigenvalue weighted by atomic mass is 16.5. The summed E-state index contributed by atoms with van der Waals surface area (Å²) in [6.45, 7) is 9.46. The predicted octanol–water partition coefficient (Wildman–Crippen LogP) is 1.12. The molecule has 0 unspecified atom stereocenters. The summed E-state index contributed by atoms with van der Waals surface area (Å²) in [5.41, 5.74) is 7.40. The first-order chi connectivity index (χ1) is 9.11. The van der Waals surface area contributed by atoms with E-state index in [1.807, 2.05) is 6.92 Å². The summed E-state index contributed by atoms with van der Waals surface area (Å²) in [5.74, 6) is -0.215. The first-order valence-electron chi connectivity index (χ1n) is 6.41. The Labute approximate surface area is 113 Å². The number of nitrogens with two attached hydrogens (primary N) is 1. The van der Waals surface area contributed by atoms with E-state index in [1.54, 1.807) is 17.7 Å². The van der Waals surface area contributed by atoms with Gasteiger partial charge in [0.05, 0.1) is 24.6 Å². The van der Waals surface area contributed by atoms with Crippen LogP contribution in [0.25, 0.3) is 0 Å². The highest BCUT2D eigenvalue weighted by Crippen LogP contribution is 2.15. The van der Waals surface area contributed by atoms with Crippen LogP contribution in [0.15, 0.2) is 12.7 Å². The lowest BCUT2D eigenvalue weighted by Gasteiger charge is -2.08. The van der Waals surface area contributed by atoms with E-state index in [0.717, 1.165) is 6.42 Å². The summed E-state index contributed by atoms with van der Waals surface area (Å²) in [6, 6.07) is 0. The zero-order chi connectivity index (χ0) is 14.3. The van der Waals surface area contributed by atoms with Gasteiger partial charge < -0.3 is 15.8 Å². The van der Waals surface area contributed by atoms with Crippen LogP contribution in [0, 0.1) is 6.92 Å². The highest BCUT2D eigenvalue weighted by Gasteiger charge is 2.18. The molecule has 0 bridgehead atoms. The summed E-state index contributed by atoms with van der Waals surface area (Å²) in [4.78, 5) is 12.0. The van der Waals surface area contributed by atoms with Crippen molar-refractivity contribution >= 4 is 11.6 Å². The van der Waals surface area contributed by atoms with Crippen molar-refractivity contribution < 1.29 is 9.53 Å². The molecule has 6 heteroatoms. The maximum Gasteiger partial charge on any atom is 0.271 e. The lowest BCUT2D eigenvalue weighted by Crippen LogP contribution is -2.30. The largest absolute Gasteiger partial charge is 0.395 e. The van der Waals surface area contributed by atoms with E-state index < -0.39 is 0 Å². The van der Waals surface area contributed by atoms with Crippen LogP contribution in [0.1, 0.15) is 29.5 Å². The minimum Gasteiger partial charge on any atom is -0.395 e. The number of nitrogens with one attached hydrogen (secondary N) is 1. The van der Waals surface area contributed by atoms with Gasteiger partial charge in [-0.2, -0.15) is 5.10 Å². The Kier molecular flexibility index (Phi) is 6.08. The number of nitrogens with zero attached hydrogens (tertiary/aromatic N) is 2. The van der Waals surface area contributed by atoms with E-state index >= 15 is 0 Å². The summed E-state index contributed by atoms with van der Waals surface area (Å²) in [6.07, 6.45) is 2.60. The van der Waals surface area contributed by atoms with E-state index in [-0.39, 0.29) is 5.91 Å². The molecule has 0 fully saturated rings. The number of carbonyl (C=O) groups is 1. The van der Waals surface area contributed by atoms with Crippen LogP contribution in [0.4, 0.5) is 5.69 Å². The zero-order valence-corrected chi connectivity index (χ0v) is 11.6. The van der Waals surface area contributed by atoms with Gasteiger partial charge >= 0.3 is 0 Å². The third-order valence-corrected chi connectivity index (χ3v) is 2.69. The minimum absolute atomic E-state index is 0.215. The number of rotatable bonds is 8. The molecule has 0 spiro atoms. The molecule has 19 heavy (non-hydrogen) atoms. The molecule has 106 valence electrons. The highest BCUT2D eigenvalue weighted by molar-refractivity contribution is 5.97. The van der Waals surface area contributed by atoms with Crippen molar-refractivity contribution in [1.29, 1.82) is 0 Å². The fraction of sp³-hybridized carbons (Fsp3) is 0.538. The molecule has 0 atom stereocenters. The van der Waals surface area contributed by atoms with E-state index in [4.69, 9.17) is 10.5 Å². The second kappa shape index (κ2) is 7.58. The van der Waals surface area contributed by atoms with Crippen LogP contribution in [-0.2, 0) is 11.3 Å². The molecule has 6 nitrogen and oxygen atoms in total. The number of aryl methyl sites for hydroxylation is 2. The molecule has 0 saturated heterocycles. The number of anilines is 1. The molecule has 1 amide bonds. The van der Waals surface area contributed by atoms with Gasteiger partial charge in [0.1, 0.15) is 5.69 Å². The maximum atomic E-state index is 12.0. The molecule has 1 aromatic rings. The summed E-state index contributed by atoms with van der Waals surface area (Å²) < 4.78 is 6.92. The van der Waals surface area contributed by atoms with Crippen molar-refractivity contribution in [2.45, 2.75) is 26.8 Å². The van der Waals surface area contributed by atoms with Gasteiger partial charge in [-0.3, -0.25) is 9.48 Å². The van der Waals surface area contributed by atoms with Crippen LogP contribution in [0.5, 0.6) is 0 Å². The fourth-order valence-electron chi connectivity index (χ4n) is 1.65. The quantitative estimate of drug-likeness (QED) is 0.545. The lowest BCUT2D eigenvalue weighted by atomic mass is 10.3. The average molecular weight is 266 g/mol. The van der Waals surface area contributed by atoms with E-state index in [1.165, 1.54) is 0 Å². The molecule has 1 aromatic heterocycles. The van der Waals surface area contributed by atoms with Crippen LogP contribution >= 0.6 is 0 Å². The van der Waals surface area contributed by atoms with Crippen LogP contribution < -0.4 is 11.1 Å². The maximum absolute atomic E-state index is 12.0. The summed E-state index contributed by atoms with van der Waals surface area (Å²) in [7, 11) is 0. The smallest absolute Gasteiger partial charge is 0.271 e. The van der Waals surface area contributed by atoms with Gasteiger partial charge in [-0.1, -0.05) is 6.08 Å². The Bertz CT molecular complexity index is 440. The Morgan fingerprint density at radius 1 is 1.58 bits per heavy atom. The molecule has 1 rings (SSSR count). The number of hydrogen-bond donors (Lipinski definition) is 2. The molecule has 3 N–H and O–H groups in total. The SMILES string of the molecule is C=CCCOCCNC(=O)c1c(N)c(C)nn1CC. The Hall–Kier alpha value is -1.82. The third-order valence-electron chi connectivity index (χ3n) is 2.69. The molecule has 0 saturated carbocycles. The third kappa shape index (κ3) is 4.10. The first-order valence-corrected chi connectivity index (χ1v) is 6.41. The van der Waals surface area contributed by atoms with Gasteiger partial charge in [0, 0.05) is 13.1 Å². The van der Waals surface area contributed by atoms with Crippen molar-refractivity contribution in [2.24, 2.45) is 0 Å². The van der Waals surface area contributed by atoms with Crippen molar-refractivity contribution in [3.63, 3.8) is 0 Å². The number of aromatic nitrogens is 2. The first kappa shape index (κ1) is 15.2. The van der Waals surface area contributed by atoms with Crippen LogP contribution in [0.3, 0.4) is 0 Å². The normalized spacial score (nSPS) is 10.4. The second-order valence-corrected chi connectivity index (χ2v) is 4.11. The molecular formula is C13H22N4O2. The number of nitrogen functional groups attached to an aromatic ring is 1. The predicted molar refractivity (Wildman–Crippen MR) is 75.0 cm³/mol. The monoisotopic (exact) mass is 266 g/mol. The number of hydrogen-bond acceptors (Lipinski definition) is 4. The topological polar surface area (TPSA) is 82.2 Å². The van der Waals surface area contributed by atoms with Crippen LogP contribution in [0.2, 0.25) is 0 Å². The number of amides is 1. The van der Waals surface area contributed by atoms with Gasteiger partial charge in [0.25, 0.3) is 5.91 Å². The molecule has 1 heterocycles. The van der Waals surface area contributed by atoms with Gasteiger partial charge in [-0.05, 0) is 20.3 Å².